The first-order chi connectivity index (χ1) is 15.1. The third kappa shape index (κ3) is 2.34. The predicted octanol–water partition coefficient (Wildman–Crippen LogP) is 3.82. The second-order valence-electron chi connectivity index (χ2n) is 8.43. The number of hydrogen-bond acceptors (Lipinski definition) is 4. The van der Waals surface area contributed by atoms with Crippen LogP contribution in [0.25, 0.3) is 16.8 Å². The molecule has 0 spiro atoms. The van der Waals surface area contributed by atoms with Crippen LogP contribution in [0.5, 0.6) is 0 Å². The number of amides is 2. The molecule has 3 aliphatic rings. The van der Waals surface area contributed by atoms with E-state index in [9.17, 15) is 14.4 Å². The third-order valence-electron chi connectivity index (χ3n) is 6.84. The van der Waals surface area contributed by atoms with Crippen molar-refractivity contribution >= 4 is 45.8 Å². The summed E-state index contributed by atoms with van der Waals surface area (Å²) in [5, 5.41) is 1.82. The molecule has 152 valence electrons. The SMILES string of the molecule is CC(=O)[C@@H]1[C@H]2C(=O)N(c3cccc4ccccc34)C(=O)[C@H]2[C@@H]2C=Cc3ccccc3N12. The maximum absolute atomic E-state index is 13.7. The standard InChI is InChI=1S/C26H20N2O3/c1-15(29)24-23-22(21-14-13-17-8-3-5-11-19(17)27(21)24)25(30)28(26(23)31)20-12-6-9-16-7-2-4-10-18(16)20/h2-14,21-24H,1H3/t21-,22-,23-,24+/m0/s1. The maximum Gasteiger partial charge on any atom is 0.240 e. The first-order valence-corrected chi connectivity index (χ1v) is 10.5. The van der Waals surface area contributed by atoms with Crippen LogP contribution in [0, 0.1) is 11.8 Å². The van der Waals surface area contributed by atoms with E-state index in [0.29, 0.717) is 5.69 Å². The van der Waals surface area contributed by atoms with Crippen molar-refractivity contribution in [1.82, 2.24) is 0 Å². The minimum absolute atomic E-state index is 0.0940. The van der Waals surface area contributed by atoms with E-state index in [4.69, 9.17) is 0 Å². The second-order valence-corrected chi connectivity index (χ2v) is 8.43. The Morgan fingerprint density at radius 2 is 1.48 bits per heavy atom. The fraction of sp³-hybridized carbons (Fsp3) is 0.192. The average Bonchev–Trinajstić information content (AvgIpc) is 3.26. The van der Waals surface area contributed by atoms with Gasteiger partial charge < -0.3 is 4.90 Å². The number of hydrogen-bond donors (Lipinski definition) is 0. The molecule has 31 heavy (non-hydrogen) atoms. The Morgan fingerprint density at radius 1 is 0.806 bits per heavy atom. The molecule has 3 aliphatic heterocycles. The molecule has 5 heteroatoms. The van der Waals surface area contributed by atoms with E-state index >= 15 is 0 Å². The van der Waals surface area contributed by atoms with Crippen LogP contribution >= 0.6 is 0 Å². The number of Topliss-reactive ketones (excluding diaryl/α,β-unsaturated/α-hetero) is 1. The van der Waals surface area contributed by atoms with Gasteiger partial charge in [0.2, 0.25) is 11.8 Å². The Labute approximate surface area is 179 Å². The summed E-state index contributed by atoms with van der Waals surface area (Å²) in [6.45, 7) is 1.52. The van der Waals surface area contributed by atoms with Gasteiger partial charge in [-0.3, -0.25) is 14.4 Å². The Morgan fingerprint density at radius 3 is 2.32 bits per heavy atom. The fourth-order valence-corrected chi connectivity index (χ4v) is 5.61. The van der Waals surface area contributed by atoms with E-state index in [1.165, 1.54) is 11.8 Å². The number of fused-ring (bicyclic) bond motifs is 6. The molecule has 2 fully saturated rings. The highest BCUT2D eigenvalue weighted by molar-refractivity contribution is 6.27. The number of carbonyl (C=O) groups is 3. The van der Waals surface area contributed by atoms with Crippen molar-refractivity contribution in [1.29, 1.82) is 0 Å². The van der Waals surface area contributed by atoms with Crippen LogP contribution in [0.3, 0.4) is 0 Å². The van der Waals surface area contributed by atoms with Crippen LogP contribution in [0.4, 0.5) is 11.4 Å². The highest BCUT2D eigenvalue weighted by Crippen LogP contribution is 2.49. The number of rotatable bonds is 2. The molecule has 0 unspecified atom stereocenters. The van der Waals surface area contributed by atoms with Crippen LogP contribution in [0.1, 0.15) is 12.5 Å². The quantitative estimate of drug-likeness (QED) is 0.605. The lowest BCUT2D eigenvalue weighted by molar-refractivity contribution is -0.126. The Balaban J connectivity index is 1.50. The van der Waals surface area contributed by atoms with Crippen LogP contribution < -0.4 is 9.80 Å². The second kappa shape index (κ2) is 6.38. The van der Waals surface area contributed by atoms with Gasteiger partial charge in [0.05, 0.1) is 23.6 Å². The van der Waals surface area contributed by atoms with Gasteiger partial charge >= 0.3 is 0 Å². The van der Waals surface area contributed by atoms with Gasteiger partial charge in [-0.1, -0.05) is 66.7 Å². The Kier molecular flexibility index (Phi) is 3.72. The minimum atomic E-state index is -0.690. The molecule has 5 nitrogen and oxygen atoms in total. The number of nitrogens with zero attached hydrogens (tertiary/aromatic N) is 2. The molecular formula is C26H20N2O3. The predicted molar refractivity (Wildman–Crippen MR) is 120 cm³/mol. The lowest BCUT2D eigenvalue weighted by atomic mass is 9.88. The topological polar surface area (TPSA) is 57.7 Å². The third-order valence-corrected chi connectivity index (χ3v) is 6.84. The summed E-state index contributed by atoms with van der Waals surface area (Å²) >= 11 is 0. The molecule has 0 aromatic heterocycles. The van der Waals surface area contributed by atoms with E-state index in [2.05, 4.69) is 0 Å². The van der Waals surface area contributed by atoms with Crippen molar-refractivity contribution in [3.05, 3.63) is 78.4 Å². The van der Waals surface area contributed by atoms with E-state index in [1.54, 1.807) is 0 Å². The number of imide groups is 1. The average molecular weight is 408 g/mol. The zero-order chi connectivity index (χ0) is 21.3. The van der Waals surface area contributed by atoms with Crippen molar-refractivity contribution < 1.29 is 14.4 Å². The smallest absolute Gasteiger partial charge is 0.240 e. The normalized spacial score (nSPS) is 26.2. The minimum Gasteiger partial charge on any atom is -0.353 e. The van der Waals surface area contributed by atoms with E-state index in [0.717, 1.165) is 22.0 Å². The van der Waals surface area contributed by atoms with Crippen LogP contribution in [0.15, 0.2) is 72.8 Å². The first kappa shape index (κ1) is 18.1. The lowest BCUT2D eigenvalue weighted by Crippen LogP contribution is -2.48. The van der Waals surface area contributed by atoms with Crippen LogP contribution in [-0.2, 0) is 14.4 Å². The monoisotopic (exact) mass is 408 g/mol. The summed E-state index contributed by atoms with van der Waals surface area (Å²) in [6, 6.07) is 20.2. The van der Waals surface area contributed by atoms with Gasteiger partial charge in [-0.25, -0.2) is 4.90 Å². The molecule has 4 atom stereocenters. The zero-order valence-corrected chi connectivity index (χ0v) is 16.9. The van der Waals surface area contributed by atoms with Gasteiger partial charge in [0, 0.05) is 11.1 Å². The van der Waals surface area contributed by atoms with E-state index in [1.807, 2.05) is 83.8 Å². The van der Waals surface area contributed by atoms with Crippen molar-refractivity contribution in [2.24, 2.45) is 11.8 Å². The van der Waals surface area contributed by atoms with Crippen LogP contribution in [-0.4, -0.2) is 29.7 Å². The fourth-order valence-electron chi connectivity index (χ4n) is 5.61. The largest absolute Gasteiger partial charge is 0.353 e. The number of carbonyl (C=O) groups excluding carboxylic acids is 3. The summed E-state index contributed by atoms with van der Waals surface area (Å²) < 4.78 is 0. The van der Waals surface area contributed by atoms with E-state index in [-0.39, 0.29) is 23.6 Å². The van der Waals surface area contributed by atoms with Crippen LogP contribution in [0.2, 0.25) is 0 Å². The van der Waals surface area contributed by atoms with Crippen molar-refractivity contribution in [3.63, 3.8) is 0 Å². The molecule has 0 aliphatic carbocycles. The molecule has 3 heterocycles. The number of ketones is 1. The Hall–Kier alpha value is -3.73. The highest BCUT2D eigenvalue weighted by Gasteiger charge is 2.63. The number of para-hydroxylation sites is 1. The van der Waals surface area contributed by atoms with E-state index < -0.39 is 17.9 Å². The summed E-state index contributed by atoms with van der Waals surface area (Å²) in [6.07, 6.45) is 3.97. The van der Waals surface area contributed by atoms with Gasteiger partial charge in [-0.15, -0.1) is 0 Å². The molecular weight excluding hydrogens is 388 g/mol. The van der Waals surface area contributed by atoms with Gasteiger partial charge in [-0.2, -0.15) is 0 Å². The van der Waals surface area contributed by atoms with Crippen molar-refractivity contribution in [2.45, 2.75) is 19.0 Å². The molecule has 0 N–H and O–H groups in total. The van der Waals surface area contributed by atoms with Gasteiger partial charge in [0.15, 0.2) is 5.78 Å². The number of benzene rings is 3. The maximum atomic E-state index is 13.7. The molecule has 2 amide bonds. The summed E-state index contributed by atoms with van der Waals surface area (Å²) in [7, 11) is 0. The molecule has 3 aromatic rings. The lowest BCUT2D eigenvalue weighted by Gasteiger charge is -2.36. The summed E-state index contributed by atoms with van der Waals surface area (Å²) in [5.74, 6) is -1.88. The summed E-state index contributed by atoms with van der Waals surface area (Å²) in [5.41, 5.74) is 2.49. The molecule has 2 saturated heterocycles. The number of anilines is 2. The molecule has 0 bridgehead atoms. The molecule has 3 aromatic carbocycles. The highest BCUT2D eigenvalue weighted by atomic mass is 16.2. The molecule has 0 radical (unpaired) electrons. The van der Waals surface area contributed by atoms with Gasteiger partial charge in [-0.05, 0) is 30.0 Å². The molecule has 6 rings (SSSR count). The van der Waals surface area contributed by atoms with Crippen molar-refractivity contribution in [2.75, 3.05) is 9.80 Å². The van der Waals surface area contributed by atoms with Gasteiger partial charge in [0.25, 0.3) is 0 Å². The molecule has 0 saturated carbocycles. The Bertz CT molecular complexity index is 1310. The summed E-state index contributed by atoms with van der Waals surface area (Å²) in [4.78, 5) is 43.5. The van der Waals surface area contributed by atoms with Crippen molar-refractivity contribution in [3.8, 4) is 0 Å². The zero-order valence-electron chi connectivity index (χ0n) is 16.9. The first-order valence-electron chi connectivity index (χ1n) is 10.5. The van der Waals surface area contributed by atoms with Gasteiger partial charge in [0.1, 0.15) is 6.04 Å².